The number of aliphatic imine (C=N–C) groups is 1. The lowest BCUT2D eigenvalue weighted by molar-refractivity contribution is 0.118. The number of H-pyrrole nitrogens is 2. The number of aryl methyl sites for hydroxylation is 1. The molecule has 5 aromatic heterocycles. The summed E-state index contributed by atoms with van der Waals surface area (Å²) in [7, 11) is 0. The Morgan fingerprint density at radius 3 is 1.63 bits per heavy atom. The minimum absolute atomic E-state index is 0.107. The van der Waals surface area contributed by atoms with Crippen LogP contribution in [0.3, 0.4) is 0 Å². The van der Waals surface area contributed by atoms with Gasteiger partial charge < -0.3 is 25.2 Å². The molecule has 7 aromatic carbocycles. The van der Waals surface area contributed by atoms with E-state index in [0.29, 0.717) is 29.0 Å². The molecule has 12 nitrogen and oxygen atoms in total. The van der Waals surface area contributed by atoms with Gasteiger partial charge in [0, 0.05) is 150 Å². The molecule has 12 aromatic rings. The highest BCUT2D eigenvalue weighted by molar-refractivity contribution is 5.97. The lowest BCUT2D eigenvalue weighted by Crippen LogP contribution is -2.44. The first-order chi connectivity index (χ1) is 56.6. The number of hydrogen-bond donors (Lipinski definition) is 4. The highest BCUT2D eigenvalue weighted by Gasteiger charge is 2.32. The van der Waals surface area contributed by atoms with Gasteiger partial charge >= 0.3 is 0 Å². The highest BCUT2D eigenvalue weighted by Crippen LogP contribution is 2.39. The SMILES string of the molecule is CC(C)(C)C1=Nc2ccccc2C1.CC(C)(C)C1CCc2ccccc2C1.CC(C)(C)C1Cc2ccccc2CN1.CC(C)(C)N1CCc2cccnc2C1.CC(C)(C)c1c[nH]c2ccccc12.CC(C)(C)c1cc2ccccc2[nH]1.CC(C)(C)n1cnc2ccccc21.CC(C)N1CCc2ncccc2C1.CC(C)N1CNc2ccccc2C1. The van der Waals surface area contributed by atoms with Crippen LogP contribution < -0.4 is 10.6 Å². The van der Waals surface area contributed by atoms with E-state index < -0.39 is 0 Å². The zero-order chi connectivity index (χ0) is 87.0. The Morgan fingerprint density at radius 1 is 0.442 bits per heavy atom. The van der Waals surface area contributed by atoms with Gasteiger partial charge in [-0.15, -0.1) is 0 Å². The molecule has 0 bridgehead atoms. The normalized spacial score (nSPS) is 16.5. The van der Waals surface area contributed by atoms with Crippen molar-refractivity contribution in [2.45, 2.75) is 284 Å². The molecule has 1 aliphatic carbocycles. The van der Waals surface area contributed by atoms with E-state index in [9.17, 15) is 0 Å². The van der Waals surface area contributed by atoms with Gasteiger partial charge in [0.25, 0.3) is 0 Å². The molecule has 2 atom stereocenters. The first-order valence-electron chi connectivity index (χ1n) is 44.6. The largest absolute Gasteiger partial charge is 0.372 e. The Hall–Kier alpha value is -9.30. The first-order valence-corrected chi connectivity index (χ1v) is 44.6. The van der Waals surface area contributed by atoms with Crippen LogP contribution in [-0.2, 0) is 81.1 Å². The van der Waals surface area contributed by atoms with Crippen molar-refractivity contribution < 1.29 is 0 Å². The average molecular weight is 1610 g/mol. The fourth-order valence-corrected chi connectivity index (χ4v) is 16.1. The van der Waals surface area contributed by atoms with Crippen molar-refractivity contribution in [2.75, 3.05) is 25.1 Å². The number of nitrogens with zero attached hydrogens (tertiary/aromatic N) is 8. The van der Waals surface area contributed by atoms with Gasteiger partial charge in [0.1, 0.15) is 0 Å². The molecule has 0 saturated heterocycles. The van der Waals surface area contributed by atoms with Crippen LogP contribution in [0.15, 0.2) is 230 Å². The van der Waals surface area contributed by atoms with Gasteiger partial charge in [0.05, 0.1) is 35.4 Å². The number of imidazole rings is 1. The van der Waals surface area contributed by atoms with Gasteiger partial charge in [0.15, 0.2) is 0 Å². The molecule has 640 valence electrons. The minimum atomic E-state index is 0.107. The highest BCUT2D eigenvalue weighted by atomic mass is 15.3. The quantitative estimate of drug-likeness (QED) is 0.135. The van der Waals surface area contributed by atoms with Crippen LogP contribution in [0.25, 0.3) is 32.8 Å². The third-order valence-electron chi connectivity index (χ3n) is 24.3. The van der Waals surface area contributed by atoms with E-state index in [1.807, 2.05) is 55.1 Å². The number of aromatic amines is 2. The summed E-state index contributed by atoms with van der Waals surface area (Å²) in [6, 6.07) is 72.2. The third-order valence-corrected chi connectivity index (χ3v) is 24.3. The summed E-state index contributed by atoms with van der Waals surface area (Å²) in [5.41, 5.74) is 27.3. The monoisotopic (exact) mass is 1610 g/mol. The predicted molar refractivity (Wildman–Crippen MR) is 514 cm³/mol. The standard InChI is InChI=1S/C14H20.C13H19N.C12H18N2.3C12H15N.C11H14N2.2C11H16N2/c1-14(2,3)13-9-8-11-6-4-5-7-12(11)10-13;1-13(2,3)12-8-10-6-4-5-7-11(10)9-14-12;1-12(2,3)14-8-6-10-5-4-7-13-11(10)9-14;1-12(2,3)10-8-13-11-7-5-4-6-9(10)11;2*1-12(2,3)11-8-9-6-4-5-7-10(9)13-11;1-11(2,3)13-8-12-9-6-4-5-7-10(9)13;1-9(2)13-7-5-11-10(8-13)4-3-6-12-11;1-9(2)13-7-10-5-3-4-6-11(10)12-8-13/h4-7,13H,8-10H2,1-3H3;4-7,12,14H,8-9H2,1-3H3;4-5,7H,6,8-9H2,1-3H3;4-8,13H,1-3H3;4-7H,8H2,1-3H3;4-8,13H,1-3H3;4-8H,1-3H3;3-4,6,9H,5,7-8H2,1-2H3;3-6,9,12H,7-8H2,1-2H3. The maximum atomic E-state index is 4.64. The molecule has 0 spiro atoms. The summed E-state index contributed by atoms with van der Waals surface area (Å²) >= 11 is 0. The van der Waals surface area contributed by atoms with Crippen LogP contribution >= 0.6 is 0 Å². The zero-order valence-corrected chi connectivity index (χ0v) is 78.1. The molecule has 4 N–H and O–H groups in total. The molecular formula is C108H148N12. The average Bonchev–Trinajstić information content (AvgIpc) is 1.71. The molecule has 5 aliphatic heterocycles. The number of pyridine rings is 2. The van der Waals surface area contributed by atoms with Gasteiger partial charge in [-0.3, -0.25) is 29.7 Å². The number of fused-ring (bicyclic) bond motifs is 9. The Morgan fingerprint density at radius 2 is 1.01 bits per heavy atom. The summed E-state index contributed by atoms with van der Waals surface area (Å²) < 4.78 is 2.20. The van der Waals surface area contributed by atoms with E-state index >= 15 is 0 Å². The summed E-state index contributed by atoms with van der Waals surface area (Å²) in [5, 5.41) is 9.68. The topological polar surface area (TPSA) is 121 Å². The Labute approximate surface area is 723 Å². The number of anilines is 1. The van der Waals surface area contributed by atoms with E-state index in [1.165, 1.54) is 120 Å². The van der Waals surface area contributed by atoms with Crippen LogP contribution in [0, 0.1) is 22.2 Å². The van der Waals surface area contributed by atoms with Crippen LogP contribution in [0.2, 0.25) is 0 Å². The van der Waals surface area contributed by atoms with E-state index in [2.05, 4.69) is 403 Å². The van der Waals surface area contributed by atoms with E-state index in [-0.39, 0.29) is 27.3 Å². The molecule has 120 heavy (non-hydrogen) atoms. The van der Waals surface area contributed by atoms with E-state index in [4.69, 9.17) is 0 Å². The third kappa shape index (κ3) is 26.4. The number of benzene rings is 7. The molecule has 0 radical (unpaired) electrons. The van der Waals surface area contributed by atoms with Gasteiger partial charge in [-0.05, 0) is 234 Å². The van der Waals surface area contributed by atoms with Crippen molar-refractivity contribution in [3.8, 4) is 0 Å². The molecule has 12 heteroatoms. The van der Waals surface area contributed by atoms with Crippen molar-refractivity contribution in [3.05, 3.63) is 292 Å². The minimum Gasteiger partial charge on any atom is -0.372 e. The number of aromatic nitrogens is 6. The summed E-state index contributed by atoms with van der Waals surface area (Å²) in [4.78, 5) is 31.9. The van der Waals surface area contributed by atoms with Crippen molar-refractivity contribution in [2.24, 2.45) is 27.2 Å². The number of para-hydroxylation sites is 6. The van der Waals surface area contributed by atoms with Gasteiger partial charge in [0.2, 0.25) is 0 Å². The Kier molecular flexibility index (Phi) is 31.4. The molecule has 2 unspecified atom stereocenters. The molecule has 0 saturated carbocycles. The molecular weight excluding hydrogens is 1470 g/mol. The van der Waals surface area contributed by atoms with Crippen LogP contribution in [0.1, 0.15) is 247 Å². The smallest absolute Gasteiger partial charge is 0.0963 e. The molecule has 10 heterocycles. The second kappa shape index (κ2) is 40.6. The predicted octanol–water partition coefficient (Wildman–Crippen LogP) is 26.0. The van der Waals surface area contributed by atoms with Gasteiger partial charge in [-0.2, -0.15) is 0 Å². The van der Waals surface area contributed by atoms with Crippen LogP contribution in [0.5, 0.6) is 0 Å². The van der Waals surface area contributed by atoms with Crippen molar-refractivity contribution in [3.63, 3.8) is 0 Å². The fraction of sp³-hybridized carbons (Fsp3) is 0.463. The summed E-state index contributed by atoms with van der Waals surface area (Å²) in [6.45, 7) is 63.8. The Bertz CT molecular complexity index is 4870. The molecule has 0 amide bonds. The van der Waals surface area contributed by atoms with Crippen LogP contribution in [-0.4, -0.2) is 93.3 Å². The fourth-order valence-electron chi connectivity index (χ4n) is 16.1. The van der Waals surface area contributed by atoms with Crippen molar-refractivity contribution in [1.82, 2.24) is 49.5 Å². The lowest BCUT2D eigenvalue weighted by Gasteiger charge is -2.38. The maximum absolute atomic E-state index is 4.64. The molecule has 6 aliphatic rings. The maximum Gasteiger partial charge on any atom is 0.0963 e. The van der Waals surface area contributed by atoms with Gasteiger partial charge in [-0.1, -0.05) is 249 Å². The van der Waals surface area contributed by atoms with E-state index in [0.717, 1.165) is 82.3 Å². The molecule has 18 rings (SSSR count). The summed E-state index contributed by atoms with van der Waals surface area (Å²) in [6.07, 6.45) is 16.2. The van der Waals surface area contributed by atoms with Crippen molar-refractivity contribution in [1.29, 1.82) is 0 Å². The number of nitrogens with one attached hydrogen (secondary N) is 4. The molecule has 0 fully saturated rings. The first kappa shape index (κ1) is 93.0. The Balaban J connectivity index is 0.000000142. The number of rotatable bonds is 2. The van der Waals surface area contributed by atoms with Gasteiger partial charge in [-0.25, -0.2) is 4.98 Å². The number of hydrogen-bond acceptors (Lipinski definition) is 9. The zero-order valence-electron chi connectivity index (χ0n) is 78.1. The van der Waals surface area contributed by atoms with E-state index in [1.54, 1.807) is 11.1 Å². The summed E-state index contributed by atoms with van der Waals surface area (Å²) in [5.74, 6) is 0.859. The van der Waals surface area contributed by atoms with Crippen molar-refractivity contribution >= 4 is 49.9 Å². The second-order valence-corrected chi connectivity index (χ2v) is 41.5. The lowest BCUT2D eigenvalue weighted by atomic mass is 9.71. The van der Waals surface area contributed by atoms with Crippen LogP contribution in [0.4, 0.5) is 11.4 Å². The second-order valence-electron chi connectivity index (χ2n) is 41.5.